The van der Waals surface area contributed by atoms with E-state index in [1.807, 2.05) is 24.3 Å². The van der Waals surface area contributed by atoms with Crippen molar-refractivity contribution in [1.82, 2.24) is 0 Å². The topological polar surface area (TPSA) is 18.5 Å². The molecule has 0 bridgehead atoms. The van der Waals surface area contributed by atoms with Crippen LogP contribution in [-0.2, 0) is 6.67 Å². The van der Waals surface area contributed by atoms with E-state index in [0.717, 1.165) is 48.1 Å². The normalized spacial score (nSPS) is 10.8. The molecule has 0 saturated heterocycles. The van der Waals surface area contributed by atoms with Crippen LogP contribution in [0.5, 0.6) is 11.5 Å². The summed E-state index contributed by atoms with van der Waals surface area (Å²) in [6, 6.07) is 14.5. The Bertz CT molecular complexity index is 1380. The van der Waals surface area contributed by atoms with Crippen LogP contribution in [0.3, 0.4) is 0 Å². The molecule has 208 valence electrons. The number of aryl methyl sites for hydroxylation is 2. The summed E-state index contributed by atoms with van der Waals surface area (Å²) < 4.78 is 82.3. The van der Waals surface area contributed by atoms with E-state index in [-0.39, 0.29) is 0 Å². The van der Waals surface area contributed by atoms with Crippen molar-refractivity contribution in [3.8, 4) is 22.6 Å². The number of halogens is 6. The Morgan fingerprint density at radius 2 is 1.28 bits per heavy atom. The van der Waals surface area contributed by atoms with Gasteiger partial charge in [0.2, 0.25) is 0 Å². The Labute approximate surface area is 224 Å². The van der Waals surface area contributed by atoms with Crippen molar-refractivity contribution in [3.63, 3.8) is 0 Å². The van der Waals surface area contributed by atoms with E-state index in [9.17, 15) is 26.5 Å². The van der Waals surface area contributed by atoms with Gasteiger partial charge in [0.05, 0.1) is 6.61 Å². The minimum absolute atomic E-state index is 0.414. The lowest BCUT2D eigenvalue weighted by Crippen LogP contribution is -1.99. The highest BCUT2D eigenvalue weighted by Gasteiger charge is 2.20. The number of hydrogen-bond acceptors (Lipinski definition) is 2. The summed E-state index contributed by atoms with van der Waals surface area (Å²) in [6.07, 6.45) is 4.86. The van der Waals surface area contributed by atoms with Gasteiger partial charge in [0.15, 0.2) is 29.0 Å². The molecule has 39 heavy (non-hydrogen) atoms. The Balaban J connectivity index is 0.000000230. The fraction of sp³-hybridized carbons (Fsp3) is 0.290. The Hall–Kier alpha value is -3.68. The van der Waals surface area contributed by atoms with E-state index in [1.165, 1.54) is 36.0 Å². The fourth-order valence-electron chi connectivity index (χ4n) is 4.32. The predicted octanol–water partition coefficient (Wildman–Crippen LogP) is 10.1. The summed E-state index contributed by atoms with van der Waals surface area (Å²) in [5, 5.41) is -1.08. The Morgan fingerprint density at radius 1 is 0.667 bits per heavy atom. The molecule has 0 spiro atoms. The first-order chi connectivity index (χ1) is 18.7. The molecule has 4 aromatic rings. The van der Waals surface area contributed by atoms with Crippen LogP contribution in [0.2, 0.25) is 0 Å². The number of unbranched alkanes of at least 4 members (excludes halogenated alkanes) is 3. The van der Waals surface area contributed by atoms with Crippen LogP contribution in [0, 0.1) is 37.1 Å². The van der Waals surface area contributed by atoms with Crippen molar-refractivity contribution in [2.24, 2.45) is 0 Å². The second kappa shape index (κ2) is 13.9. The second-order valence-corrected chi connectivity index (χ2v) is 9.21. The summed E-state index contributed by atoms with van der Waals surface area (Å²) in [4.78, 5) is 3.28. The molecule has 0 aliphatic rings. The largest absolute Gasteiger partial charge is 0.494 e. The van der Waals surface area contributed by atoms with E-state index in [1.54, 1.807) is 0 Å². The SMILES string of the molecule is CCCCCCOc1cc(C)c(-c2ccc(CF)cc2)c(C)c1.FOc1ccc2c(F)c(F)c(F)c(F)c2c1. The summed E-state index contributed by atoms with van der Waals surface area (Å²) in [7, 11) is 0. The van der Waals surface area contributed by atoms with Crippen LogP contribution in [-0.4, -0.2) is 6.61 Å². The molecule has 4 rings (SSSR count). The van der Waals surface area contributed by atoms with Crippen molar-refractivity contribution in [2.75, 3.05) is 6.61 Å². The monoisotopic (exact) mass is 548 g/mol. The van der Waals surface area contributed by atoms with Crippen LogP contribution >= 0.6 is 0 Å². The van der Waals surface area contributed by atoms with E-state index in [4.69, 9.17) is 4.74 Å². The van der Waals surface area contributed by atoms with Gasteiger partial charge in [-0.2, -0.15) is 0 Å². The van der Waals surface area contributed by atoms with Crippen molar-refractivity contribution >= 4 is 10.8 Å². The van der Waals surface area contributed by atoms with Crippen LogP contribution in [0.1, 0.15) is 49.3 Å². The van der Waals surface area contributed by atoms with E-state index in [2.05, 4.69) is 37.8 Å². The first kappa shape index (κ1) is 29.9. The molecule has 0 amide bonds. The van der Waals surface area contributed by atoms with Gasteiger partial charge in [0, 0.05) is 15.3 Å². The highest BCUT2D eigenvalue weighted by atomic mass is 19.3. The standard InChI is InChI=1S/C21H27FO.C10H3F5O/c1-4-5-6-7-12-23-20-13-16(2)21(17(3)14-20)19-10-8-18(15-22)9-11-19;11-7-5-2-1-4(16-15)3-6(5)8(12)10(14)9(7)13/h8-11,13-14H,4-7,12,15H2,1-3H3;1-3H. The quantitative estimate of drug-likeness (QED) is 0.0897. The van der Waals surface area contributed by atoms with Crippen LogP contribution < -0.4 is 9.68 Å². The zero-order chi connectivity index (χ0) is 28.5. The van der Waals surface area contributed by atoms with E-state index in [0.29, 0.717) is 0 Å². The van der Waals surface area contributed by atoms with E-state index >= 15 is 0 Å². The molecule has 0 radical (unpaired) electrons. The summed E-state index contributed by atoms with van der Waals surface area (Å²) >= 11 is 0. The Morgan fingerprint density at radius 3 is 1.85 bits per heavy atom. The minimum atomic E-state index is -1.94. The lowest BCUT2D eigenvalue weighted by Gasteiger charge is -2.14. The van der Waals surface area contributed by atoms with Gasteiger partial charge in [-0.3, -0.25) is 4.94 Å². The number of rotatable bonds is 9. The number of benzene rings is 4. The van der Waals surface area contributed by atoms with Gasteiger partial charge in [-0.1, -0.05) is 50.5 Å². The third kappa shape index (κ3) is 7.25. The van der Waals surface area contributed by atoms with Gasteiger partial charge < -0.3 is 4.74 Å². The molecule has 4 aromatic carbocycles. The maximum Gasteiger partial charge on any atom is 0.198 e. The third-order valence-corrected chi connectivity index (χ3v) is 6.30. The third-order valence-electron chi connectivity index (χ3n) is 6.30. The van der Waals surface area contributed by atoms with Crippen molar-refractivity contribution in [2.45, 2.75) is 53.1 Å². The molecular formula is C31H30F6O2. The summed E-state index contributed by atoms with van der Waals surface area (Å²) in [6.45, 7) is 6.80. The molecule has 0 unspecified atom stereocenters. The molecule has 0 atom stereocenters. The molecule has 8 heteroatoms. The van der Waals surface area contributed by atoms with Crippen molar-refractivity contribution in [1.29, 1.82) is 0 Å². The van der Waals surface area contributed by atoms with Crippen LogP contribution in [0.4, 0.5) is 26.5 Å². The fourth-order valence-corrected chi connectivity index (χ4v) is 4.32. The number of alkyl halides is 1. The highest BCUT2D eigenvalue weighted by Crippen LogP contribution is 2.32. The van der Waals surface area contributed by atoms with Crippen LogP contribution in [0.15, 0.2) is 54.6 Å². The number of hydrogen-bond donors (Lipinski definition) is 0. The minimum Gasteiger partial charge on any atom is -0.494 e. The second-order valence-electron chi connectivity index (χ2n) is 9.21. The highest BCUT2D eigenvalue weighted by molar-refractivity contribution is 5.85. The zero-order valence-corrected chi connectivity index (χ0v) is 22.0. The molecule has 0 heterocycles. The van der Waals surface area contributed by atoms with Gasteiger partial charge in [0.25, 0.3) is 0 Å². The molecule has 0 aromatic heterocycles. The van der Waals surface area contributed by atoms with Gasteiger partial charge in [0.1, 0.15) is 12.4 Å². The molecule has 0 saturated carbocycles. The average Bonchev–Trinajstić information content (AvgIpc) is 2.95. The lowest BCUT2D eigenvalue weighted by atomic mass is 9.95. The summed E-state index contributed by atoms with van der Waals surface area (Å²) in [5.74, 6) is -6.45. The number of ether oxygens (including phenoxy) is 1. The van der Waals surface area contributed by atoms with Gasteiger partial charge in [-0.05, 0) is 78.4 Å². The maximum atomic E-state index is 13.2. The lowest BCUT2D eigenvalue weighted by molar-refractivity contribution is -0.00605. The Kier molecular flexibility index (Phi) is 10.7. The molecule has 0 N–H and O–H groups in total. The van der Waals surface area contributed by atoms with Gasteiger partial charge >= 0.3 is 0 Å². The van der Waals surface area contributed by atoms with Gasteiger partial charge in [-0.25, -0.2) is 22.0 Å². The first-order valence-corrected chi connectivity index (χ1v) is 12.6. The van der Waals surface area contributed by atoms with Crippen LogP contribution in [0.25, 0.3) is 21.9 Å². The number of fused-ring (bicyclic) bond motifs is 1. The maximum absolute atomic E-state index is 13.2. The molecular weight excluding hydrogens is 518 g/mol. The van der Waals surface area contributed by atoms with Gasteiger partial charge in [-0.15, -0.1) is 0 Å². The molecule has 0 fully saturated rings. The molecule has 0 aliphatic heterocycles. The predicted molar refractivity (Wildman–Crippen MR) is 141 cm³/mol. The van der Waals surface area contributed by atoms with Crippen molar-refractivity contribution < 1.29 is 36.2 Å². The van der Waals surface area contributed by atoms with Crippen molar-refractivity contribution in [3.05, 3.63) is 94.6 Å². The molecule has 0 aliphatic carbocycles. The smallest absolute Gasteiger partial charge is 0.198 e. The molecule has 2 nitrogen and oxygen atoms in total. The zero-order valence-electron chi connectivity index (χ0n) is 22.0. The summed E-state index contributed by atoms with van der Waals surface area (Å²) in [5.41, 5.74) is 5.46. The average molecular weight is 549 g/mol. The first-order valence-electron chi connectivity index (χ1n) is 12.6. The van der Waals surface area contributed by atoms with E-state index < -0.39 is 46.5 Å².